The number of methoxy groups -OCH3 is 1. The lowest BCUT2D eigenvalue weighted by molar-refractivity contribution is -0.122. The maximum Gasteiger partial charge on any atom is 0.335 e. The summed E-state index contributed by atoms with van der Waals surface area (Å²) in [6.07, 6.45) is 1.44. The van der Waals surface area contributed by atoms with E-state index in [0.29, 0.717) is 33.8 Å². The molecular formula is C32H27BrN2O5. The lowest BCUT2D eigenvalue weighted by atomic mass is 10.0. The summed E-state index contributed by atoms with van der Waals surface area (Å²) in [5.41, 5.74) is 4.67. The number of carbonyl (C=O) groups is 3. The monoisotopic (exact) mass is 598 g/mol. The SMILES string of the molecule is COc1cc(/C=C2\C(=O)NC(=O)N(c3ccc(C)cc3C)C2=O)cc(Br)c1OCc1c(C)ccc2ccccc12. The highest BCUT2D eigenvalue weighted by atomic mass is 79.9. The van der Waals surface area contributed by atoms with Crippen molar-refractivity contribution in [2.45, 2.75) is 27.4 Å². The van der Waals surface area contributed by atoms with Crippen molar-refractivity contribution in [3.8, 4) is 11.5 Å². The Morgan fingerprint density at radius 1 is 0.925 bits per heavy atom. The van der Waals surface area contributed by atoms with E-state index in [1.165, 1.54) is 13.2 Å². The molecule has 1 heterocycles. The fraction of sp³-hybridized carbons (Fsp3) is 0.156. The highest BCUT2D eigenvalue weighted by Gasteiger charge is 2.37. The van der Waals surface area contributed by atoms with E-state index >= 15 is 0 Å². The van der Waals surface area contributed by atoms with Gasteiger partial charge >= 0.3 is 6.03 Å². The number of halogens is 1. The van der Waals surface area contributed by atoms with Gasteiger partial charge < -0.3 is 9.47 Å². The van der Waals surface area contributed by atoms with E-state index in [1.54, 1.807) is 18.2 Å². The third-order valence-electron chi connectivity index (χ3n) is 6.89. The highest BCUT2D eigenvalue weighted by molar-refractivity contribution is 9.10. The number of urea groups is 1. The normalized spacial score (nSPS) is 14.6. The van der Waals surface area contributed by atoms with Crippen molar-refractivity contribution < 1.29 is 23.9 Å². The van der Waals surface area contributed by atoms with E-state index in [1.807, 2.05) is 45.0 Å². The number of aryl methyl sites for hydroxylation is 3. The molecule has 4 aromatic carbocycles. The Bertz CT molecular complexity index is 1730. The number of nitrogens with one attached hydrogen (secondary N) is 1. The van der Waals surface area contributed by atoms with Crippen molar-refractivity contribution in [1.82, 2.24) is 5.32 Å². The van der Waals surface area contributed by atoms with E-state index < -0.39 is 17.8 Å². The molecule has 40 heavy (non-hydrogen) atoms. The number of amides is 4. The summed E-state index contributed by atoms with van der Waals surface area (Å²) < 4.78 is 12.4. The number of carbonyl (C=O) groups excluding carboxylic acids is 3. The Morgan fingerprint density at radius 3 is 2.45 bits per heavy atom. The number of imide groups is 2. The van der Waals surface area contributed by atoms with Gasteiger partial charge in [-0.15, -0.1) is 0 Å². The smallest absolute Gasteiger partial charge is 0.335 e. The van der Waals surface area contributed by atoms with Crippen LogP contribution in [0.3, 0.4) is 0 Å². The topological polar surface area (TPSA) is 84.9 Å². The molecule has 1 fully saturated rings. The molecule has 0 unspecified atom stereocenters. The Kier molecular flexibility index (Phi) is 7.45. The fourth-order valence-electron chi connectivity index (χ4n) is 4.84. The van der Waals surface area contributed by atoms with Crippen molar-refractivity contribution in [1.29, 1.82) is 0 Å². The van der Waals surface area contributed by atoms with Crippen molar-refractivity contribution >= 4 is 56.3 Å². The number of ether oxygens (including phenoxy) is 2. The van der Waals surface area contributed by atoms with Crippen LogP contribution in [0.1, 0.15) is 27.8 Å². The average Bonchev–Trinajstić information content (AvgIpc) is 2.92. The van der Waals surface area contributed by atoms with Gasteiger partial charge in [0.1, 0.15) is 12.2 Å². The van der Waals surface area contributed by atoms with E-state index in [0.717, 1.165) is 37.9 Å². The van der Waals surface area contributed by atoms with Gasteiger partial charge in [-0.05, 0) is 88.4 Å². The van der Waals surface area contributed by atoms with Gasteiger partial charge in [0.25, 0.3) is 11.8 Å². The molecule has 0 bridgehead atoms. The summed E-state index contributed by atoms with van der Waals surface area (Å²) in [4.78, 5) is 39.8. The first-order valence-electron chi connectivity index (χ1n) is 12.6. The minimum Gasteiger partial charge on any atom is -0.493 e. The van der Waals surface area contributed by atoms with Crippen LogP contribution in [0.15, 0.2) is 76.8 Å². The molecule has 1 N–H and O–H groups in total. The number of benzene rings is 4. The molecule has 7 nitrogen and oxygen atoms in total. The van der Waals surface area contributed by atoms with Crippen molar-refractivity contribution in [2.75, 3.05) is 12.0 Å². The Hall–Kier alpha value is -4.43. The van der Waals surface area contributed by atoms with Gasteiger partial charge in [0.15, 0.2) is 11.5 Å². The number of nitrogens with zero attached hydrogens (tertiary/aromatic N) is 1. The quantitative estimate of drug-likeness (QED) is 0.195. The molecule has 202 valence electrons. The molecule has 4 aromatic rings. The second kappa shape index (κ2) is 11.0. The molecule has 0 spiro atoms. The maximum absolute atomic E-state index is 13.4. The fourth-order valence-corrected chi connectivity index (χ4v) is 5.42. The van der Waals surface area contributed by atoms with Crippen LogP contribution in [0.25, 0.3) is 16.8 Å². The summed E-state index contributed by atoms with van der Waals surface area (Å²) in [6.45, 7) is 6.09. The number of hydrogen-bond donors (Lipinski definition) is 1. The number of anilines is 1. The van der Waals surface area contributed by atoms with Crippen LogP contribution in [0, 0.1) is 20.8 Å². The molecular weight excluding hydrogens is 572 g/mol. The van der Waals surface area contributed by atoms with Crippen LogP contribution in [0.4, 0.5) is 10.5 Å². The third kappa shape index (κ3) is 5.10. The standard InChI is InChI=1S/C32H27BrN2O5/c1-18-9-12-27(20(3)13-18)35-31(37)24(30(36)34-32(35)38)14-21-15-26(33)29(28(16-21)39-4)40-17-25-19(2)10-11-22-7-5-6-8-23(22)25/h5-16H,17H2,1-4H3,(H,34,36,38)/b24-14+. The predicted octanol–water partition coefficient (Wildman–Crippen LogP) is 6.78. The van der Waals surface area contributed by atoms with Crippen LogP contribution < -0.4 is 19.7 Å². The maximum atomic E-state index is 13.4. The predicted molar refractivity (Wildman–Crippen MR) is 159 cm³/mol. The van der Waals surface area contributed by atoms with E-state index in [-0.39, 0.29) is 5.57 Å². The van der Waals surface area contributed by atoms with Crippen molar-refractivity contribution in [3.63, 3.8) is 0 Å². The van der Waals surface area contributed by atoms with Gasteiger partial charge in [-0.3, -0.25) is 14.9 Å². The minimum atomic E-state index is -0.787. The lowest BCUT2D eigenvalue weighted by Crippen LogP contribution is -2.54. The molecule has 5 rings (SSSR count). The lowest BCUT2D eigenvalue weighted by Gasteiger charge is -2.27. The van der Waals surface area contributed by atoms with Crippen molar-refractivity contribution in [3.05, 3.63) is 105 Å². The number of hydrogen-bond acceptors (Lipinski definition) is 5. The molecule has 0 atom stereocenters. The first kappa shape index (κ1) is 27.1. The molecule has 0 aliphatic carbocycles. The van der Waals surface area contributed by atoms with Crippen LogP contribution in [-0.4, -0.2) is 25.0 Å². The number of rotatable bonds is 6. The summed E-state index contributed by atoms with van der Waals surface area (Å²) in [5, 5.41) is 4.52. The van der Waals surface area contributed by atoms with Gasteiger partial charge in [-0.2, -0.15) is 0 Å². The molecule has 0 saturated carbocycles. The molecule has 4 amide bonds. The zero-order valence-electron chi connectivity index (χ0n) is 22.5. The first-order valence-corrected chi connectivity index (χ1v) is 13.4. The molecule has 1 saturated heterocycles. The summed E-state index contributed by atoms with van der Waals surface area (Å²) in [7, 11) is 1.52. The molecule has 0 aromatic heterocycles. The van der Waals surface area contributed by atoms with Crippen LogP contribution >= 0.6 is 15.9 Å². The zero-order valence-corrected chi connectivity index (χ0v) is 24.1. The van der Waals surface area contributed by atoms with E-state index in [9.17, 15) is 14.4 Å². The van der Waals surface area contributed by atoms with Gasteiger partial charge in [0, 0.05) is 5.56 Å². The first-order chi connectivity index (χ1) is 19.2. The molecule has 1 aliphatic rings. The largest absolute Gasteiger partial charge is 0.493 e. The number of barbiturate groups is 1. The minimum absolute atomic E-state index is 0.173. The second-order valence-corrected chi connectivity index (χ2v) is 10.5. The van der Waals surface area contributed by atoms with Crippen LogP contribution in [-0.2, 0) is 16.2 Å². The molecule has 0 radical (unpaired) electrons. The molecule has 1 aliphatic heterocycles. The Morgan fingerprint density at radius 2 is 1.70 bits per heavy atom. The van der Waals surface area contributed by atoms with E-state index in [2.05, 4.69) is 45.5 Å². The van der Waals surface area contributed by atoms with Gasteiger partial charge in [0.05, 0.1) is 17.3 Å². The third-order valence-corrected chi connectivity index (χ3v) is 7.48. The van der Waals surface area contributed by atoms with Crippen LogP contribution in [0.5, 0.6) is 11.5 Å². The van der Waals surface area contributed by atoms with Gasteiger partial charge in [-0.25, -0.2) is 9.69 Å². The van der Waals surface area contributed by atoms with Crippen molar-refractivity contribution in [2.24, 2.45) is 0 Å². The number of fused-ring (bicyclic) bond motifs is 1. The van der Waals surface area contributed by atoms with Crippen LogP contribution in [0.2, 0.25) is 0 Å². The summed E-state index contributed by atoms with van der Waals surface area (Å²) in [6, 6.07) is 20.3. The Balaban J connectivity index is 1.47. The van der Waals surface area contributed by atoms with E-state index in [4.69, 9.17) is 9.47 Å². The second-order valence-electron chi connectivity index (χ2n) is 9.65. The van der Waals surface area contributed by atoms with Gasteiger partial charge in [0.2, 0.25) is 0 Å². The highest BCUT2D eigenvalue weighted by Crippen LogP contribution is 2.39. The Labute approximate surface area is 240 Å². The summed E-state index contributed by atoms with van der Waals surface area (Å²) in [5.74, 6) is -0.561. The zero-order chi connectivity index (χ0) is 28.6. The van der Waals surface area contributed by atoms with Gasteiger partial charge in [-0.1, -0.05) is 54.1 Å². The molecule has 8 heteroatoms. The summed E-state index contributed by atoms with van der Waals surface area (Å²) >= 11 is 3.57. The average molecular weight is 599 g/mol.